The van der Waals surface area contributed by atoms with Gasteiger partial charge >= 0.3 is 0 Å². The Balaban J connectivity index is 2.48. The topological polar surface area (TPSA) is 9.23 Å². The molecule has 2 rings (SSSR count). The molecule has 0 unspecified atom stereocenters. The second kappa shape index (κ2) is 9.59. The van der Waals surface area contributed by atoms with E-state index in [2.05, 4.69) is 121 Å². The van der Waals surface area contributed by atoms with Crippen LogP contribution in [-0.4, -0.2) is 23.0 Å². The predicted molar refractivity (Wildman–Crippen MR) is 134 cm³/mol. The molecule has 0 aliphatic carbocycles. The summed E-state index contributed by atoms with van der Waals surface area (Å²) in [7, 11) is -3.71. The molecule has 2 aromatic carbocycles. The van der Waals surface area contributed by atoms with Gasteiger partial charge in [-0.3, -0.25) is 0 Å². The van der Waals surface area contributed by atoms with Crippen LogP contribution in [0.25, 0.3) is 0 Å². The Morgan fingerprint density at radius 2 is 1.34 bits per heavy atom. The average Bonchev–Trinajstić information content (AvgIpc) is 2.66. The zero-order valence-corrected chi connectivity index (χ0v) is 21.8. The van der Waals surface area contributed by atoms with E-state index in [-0.39, 0.29) is 5.04 Å². The van der Waals surface area contributed by atoms with Crippen molar-refractivity contribution in [2.75, 3.05) is 6.61 Å². The predicted octanol–water partition coefficient (Wildman–Crippen LogP) is 6.41. The van der Waals surface area contributed by atoms with Crippen LogP contribution in [0.1, 0.15) is 41.0 Å². The van der Waals surface area contributed by atoms with E-state index in [4.69, 9.17) is 4.43 Å². The van der Waals surface area contributed by atoms with Crippen LogP contribution in [0.15, 0.2) is 71.9 Å². The van der Waals surface area contributed by atoms with E-state index in [0.29, 0.717) is 5.92 Å². The van der Waals surface area contributed by atoms with Crippen molar-refractivity contribution in [3.05, 3.63) is 71.9 Å². The number of hydrogen-bond donors (Lipinski definition) is 0. The second-order valence-electron chi connectivity index (χ2n) is 10.2. The third-order valence-corrected chi connectivity index (χ3v) is 13.3. The highest BCUT2D eigenvalue weighted by Crippen LogP contribution is 2.37. The van der Waals surface area contributed by atoms with E-state index in [9.17, 15) is 0 Å². The molecule has 29 heavy (non-hydrogen) atoms. The van der Waals surface area contributed by atoms with Crippen molar-refractivity contribution in [2.24, 2.45) is 5.92 Å². The number of allylic oxidation sites excluding steroid dienone is 1. The van der Waals surface area contributed by atoms with Gasteiger partial charge in [-0.25, -0.2) is 0 Å². The molecule has 3 heteroatoms. The van der Waals surface area contributed by atoms with E-state index < -0.39 is 16.4 Å². The molecular weight excluding hydrogens is 384 g/mol. The molecule has 0 radical (unpaired) electrons. The van der Waals surface area contributed by atoms with Crippen molar-refractivity contribution in [3.63, 3.8) is 0 Å². The lowest BCUT2D eigenvalue weighted by Crippen LogP contribution is -2.66. The largest absolute Gasteiger partial charge is 0.407 e. The highest BCUT2D eigenvalue weighted by molar-refractivity contribution is 6.99. The highest BCUT2D eigenvalue weighted by atomic mass is 28.4. The van der Waals surface area contributed by atoms with Crippen molar-refractivity contribution in [2.45, 2.75) is 65.7 Å². The Morgan fingerprint density at radius 3 is 1.69 bits per heavy atom. The minimum absolute atomic E-state index is 0.0332. The van der Waals surface area contributed by atoms with Crippen LogP contribution in [-0.2, 0) is 4.43 Å². The molecule has 0 saturated carbocycles. The van der Waals surface area contributed by atoms with E-state index >= 15 is 0 Å². The molecule has 0 heterocycles. The van der Waals surface area contributed by atoms with Crippen molar-refractivity contribution in [1.29, 1.82) is 0 Å². The zero-order valence-electron chi connectivity index (χ0n) is 19.8. The van der Waals surface area contributed by atoms with Crippen molar-refractivity contribution in [3.8, 4) is 0 Å². The van der Waals surface area contributed by atoms with Crippen LogP contribution < -0.4 is 10.4 Å². The minimum Gasteiger partial charge on any atom is -0.407 e. The van der Waals surface area contributed by atoms with Crippen molar-refractivity contribution in [1.82, 2.24) is 0 Å². The van der Waals surface area contributed by atoms with Gasteiger partial charge in [0.1, 0.15) is 0 Å². The summed E-state index contributed by atoms with van der Waals surface area (Å²) in [6.45, 7) is 19.7. The second-order valence-corrected chi connectivity index (χ2v) is 19.7. The van der Waals surface area contributed by atoms with Gasteiger partial charge in [-0.1, -0.05) is 126 Å². The monoisotopic (exact) mass is 424 g/mol. The smallest absolute Gasteiger partial charge is 0.261 e. The van der Waals surface area contributed by atoms with E-state index in [1.165, 1.54) is 10.4 Å². The molecule has 0 aliphatic rings. The summed E-state index contributed by atoms with van der Waals surface area (Å²) in [6, 6.07) is 21.9. The fourth-order valence-corrected chi connectivity index (χ4v) is 10.8. The molecule has 0 bridgehead atoms. The molecule has 158 valence electrons. The van der Waals surface area contributed by atoms with Gasteiger partial charge in [0.2, 0.25) is 0 Å². The molecular formula is C26H40OSi2. The standard InChI is InChI=1S/C26H40OSi2/c1-9-23(28(6,7)8)20-22(2)21-27-29(26(3,4)5,24-16-12-10-13-17-24)25-18-14-11-15-19-25/h10-20,22H,9,21H2,1-8H3/b23-20-/t22-/m1/s1. The maximum absolute atomic E-state index is 7.10. The van der Waals surface area contributed by atoms with Crippen LogP contribution in [0.2, 0.25) is 24.7 Å². The van der Waals surface area contributed by atoms with E-state index in [1.807, 2.05) is 0 Å². The maximum atomic E-state index is 7.10. The first-order chi connectivity index (χ1) is 13.5. The summed E-state index contributed by atoms with van der Waals surface area (Å²) in [5, 5.41) is 4.40. The maximum Gasteiger partial charge on any atom is 0.261 e. The van der Waals surface area contributed by atoms with Crippen LogP contribution in [0.5, 0.6) is 0 Å². The molecule has 0 N–H and O–H groups in total. The van der Waals surface area contributed by atoms with Gasteiger partial charge in [-0.05, 0) is 27.8 Å². The molecule has 0 aliphatic heterocycles. The number of hydrogen-bond acceptors (Lipinski definition) is 1. The van der Waals surface area contributed by atoms with Crippen LogP contribution >= 0.6 is 0 Å². The highest BCUT2D eigenvalue weighted by Gasteiger charge is 2.50. The number of benzene rings is 2. The molecule has 0 fully saturated rings. The summed E-state index contributed by atoms with van der Waals surface area (Å²) in [5.74, 6) is 0.415. The Morgan fingerprint density at radius 1 is 0.897 bits per heavy atom. The third kappa shape index (κ3) is 5.59. The summed E-state index contributed by atoms with van der Waals surface area (Å²) >= 11 is 0. The molecule has 0 saturated heterocycles. The van der Waals surface area contributed by atoms with Gasteiger partial charge in [-0.2, -0.15) is 0 Å². The SMILES string of the molecule is CC/C(=C/[C@@H](C)CO[Si](c1ccccc1)(c1ccccc1)C(C)(C)C)[Si](C)(C)C. The fourth-order valence-electron chi connectivity index (χ4n) is 4.31. The molecule has 0 amide bonds. The normalized spacial score (nSPS) is 14.7. The lowest BCUT2D eigenvalue weighted by Gasteiger charge is -2.43. The van der Waals surface area contributed by atoms with Gasteiger partial charge < -0.3 is 4.43 Å². The van der Waals surface area contributed by atoms with Crippen molar-refractivity contribution >= 4 is 26.8 Å². The van der Waals surface area contributed by atoms with Crippen molar-refractivity contribution < 1.29 is 4.43 Å². The Kier molecular flexibility index (Phi) is 7.89. The first-order valence-electron chi connectivity index (χ1n) is 11.0. The Labute approximate surface area is 181 Å². The molecule has 1 nitrogen and oxygen atoms in total. The first kappa shape index (κ1) is 23.8. The quantitative estimate of drug-likeness (QED) is 0.445. The fraction of sp³-hybridized carbons (Fsp3) is 0.462. The summed E-state index contributed by atoms with van der Waals surface area (Å²) in [6.07, 6.45) is 3.66. The third-order valence-electron chi connectivity index (χ3n) is 5.81. The lowest BCUT2D eigenvalue weighted by molar-refractivity contribution is 0.267. The van der Waals surface area contributed by atoms with Crippen LogP contribution in [0.3, 0.4) is 0 Å². The molecule has 1 atom stereocenters. The van der Waals surface area contributed by atoms with Gasteiger partial charge in [0.25, 0.3) is 8.32 Å². The minimum atomic E-state index is -2.44. The summed E-state index contributed by atoms with van der Waals surface area (Å²) < 4.78 is 7.10. The van der Waals surface area contributed by atoms with Gasteiger partial charge in [0.05, 0.1) is 8.07 Å². The summed E-state index contributed by atoms with van der Waals surface area (Å²) in [4.78, 5) is 0. The van der Waals surface area contributed by atoms with Gasteiger partial charge in [0, 0.05) is 6.61 Å². The lowest BCUT2D eigenvalue weighted by atomic mass is 10.2. The molecule has 0 aromatic heterocycles. The molecule has 2 aromatic rings. The molecule has 0 spiro atoms. The van der Waals surface area contributed by atoms with Gasteiger partial charge in [0.15, 0.2) is 0 Å². The summed E-state index contributed by atoms with van der Waals surface area (Å²) in [5.41, 5.74) is 0. The van der Waals surface area contributed by atoms with Crippen LogP contribution in [0.4, 0.5) is 0 Å². The number of rotatable bonds is 8. The Bertz CT molecular complexity index is 743. The Hall–Kier alpha value is -1.43. The first-order valence-corrected chi connectivity index (χ1v) is 16.4. The van der Waals surface area contributed by atoms with Crippen LogP contribution in [0, 0.1) is 5.92 Å². The zero-order chi connectivity index (χ0) is 21.7. The van der Waals surface area contributed by atoms with Gasteiger partial charge in [-0.15, -0.1) is 0 Å². The van der Waals surface area contributed by atoms with E-state index in [1.54, 1.807) is 5.20 Å². The van der Waals surface area contributed by atoms with E-state index in [0.717, 1.165) is 13.0 Å². The average molecular weight is 425 g/mol.